The van der Waals surface area contributed by atoms with Gasteiger partial charge >= 0.3 is 0 Å². The summed E-state index contributed by atoms with van der Waals surface area (Å²) >= 11 is 5.92. The van der Waals surface area contributed by atoms with Gasteiger partial charge in [-0.2, -0.15) is 4.98 Å². The lowest BCUT2D eigenvalue weighted by Crippen LogP contribution is -2.12. The lowest BCUT2D eigenvalue weighted by molar-refractivity contribution is 0.695. The fraction of sp³-hybridized carbons (Fsp3) is 0.250. The van der Waals surface area contributed by atoms with E-state index < -0.39 is 0 Å². The van der Waals surface area contributed by atoms with Gasteiger partial charge in [-0.1, -0.05) is 18.5 Å². The first-order valence-corrected chi connectivity index (χ1v) is 6.42. The average Bonchev–Trinajstić information content (AvgIpc) is 3.04. The lowest BCUT2D eigenvalue weighted by atomic mass is 10.2. The molecule has 1 unspecified atom stereocenters. The van der Waals surface area contributed by atoms with Gasteiger partial charge in [0.15, 0.2) is 5.65 Å². The van der Waals surface area contributed by atoms with Crippen LogP contribution >= 0.6 is 11.6 Å². The van der Waals surface area contributed by atoms with Crippen molar-refractivity contribution in [3.63, 3.8) is 0 Å². The summed E-state index contributed by atoms with van der Waals surface area (Å²) in [4.78, 5) is 11.7. The maximum atomic E-state index is 5.92. The van der Waals surface area contributed by atoms with E-state index in [4.69, 9.17) is 11.6 Å². The molecule has 98 valence electrons. The predicted molar refractivity (Wildman–Crippen MR) is 73.2 cm³/mol. The second-order valence-electron chi connectivity index (χ2n) is 4.17. The van der Waals surface area contributed by atoms with Gasteiger partial charge in [0.05, 0.1) is 11.1 Å². The molecular formula is C12H13ClN6. The van der Waals surface area contributed by atoms with Crippen molar-refractivity contribution < 1.29 is 0 Å². The zero-order valence-electron chi connectivity index (χ0n) is 10.3. The van der Waals surface area contributed by atoms with Crippen LogP contribution in [-0.4, -0.2) is 24.6 Å². The average molecular weight is 277 g/mol. The fourth-order valence-electron chi connectivity index (χ4n) is 1.91. The van der Waals surface area contributed by atoms with Crippen LogP contribution in [0, 0.1) is 0 Å². The first-order chi connectivity index (χ1) is 9.26. The number of fused-ring (bicyclic) bond motifs is 1. The van der Waals surface area contributed by atoms with Crippen molar-refractivity contribution >= 4 is 23.2 Å². The van der Waals surface area contributed by atoms with Crippen LogP contribution in [0.4, 0.5) is 5.95 Å². The molecular weight excluding hydrogens is 264 g/mol. The molecule has 0 aliphatic rings. The van der Waals surface area contributed by atoms with Gasteiger partial charge in [0, 0.05) is 18.6 Å². The third-order valence-electron chi connectivity index (χ3n) is 2.86. The number of hydrogen-bond donors (Lipinski definition) is 2. The molecule has 0 saturated carbocycles. The number of rotatable bonds is 4. The molecule has 0 radical (unpaired) electrons. The van der Waals surface area contributed by atoms with Crippen molar-refractivity contribution in [1.82, 2.24) is 24.6 Å². The molecule has 0 bridgehead atoms. The number of imidazole rings is 1. The molecule has 0 spiro atoms. The zero-order valence-corrected chi connectivity index (χ0v) is 11.1. The molecule has 0 amide bonds. The van der Waals surface area contributed by atoms with Crippen LogP contribution in [0.5, 0.6) is 0 Å². The number of pyridine rings is 1. The molecule has 0 fully saturated rings. The highest BCUT2D eigenvalue weighted by molar-refractivity contribution is 6.30. The highest BCUT2D eigenvalue weighted by Crippen LogP contribution is 2.18. The quantitative estimate of drug-likeness (QED) is 0.768. The topological polar surface area (TPSA) is 70.9 Å². The molecule has 1 atom stereocenters. The summed E-state index contributed by atoms with van der Waals surface area (Å²) in [6, 6.07) is 3.68. The Balaban J connectivity index is 1.88. The number of nitrogens with zero attached hydrogens (tertiary/aromatic N) is 4. The first-order valence-electron chi connectivity index (χ1n) is 6.04. The molecule has 0 aliphatic heterocycles. The maximum Gasteiger partial charge on any atom is 0.243 e. The third kappa shape index (κ3) is 2.39. The van der Waals surface area contributed by atoms with Crippen molar-refractivity contribution in [3.05, 3.63) is 41.6 Å². The Bertz CT molecular complexity index is 675. The van der Waals surface area contributed by atoms with Gasteiger partial charge in [-0.15, -0.1) is 5.10 Å². The van der Waals surface area contributed by atoms with Gasteiger partial charge in [0.2, 0.25) is 5.95 Å². The summed E-state index contributed by atoms with van der Waals surface area (Å²) in [6.07, 6.45) is 6.14. The third-order valence-corrected chi connectivity index (χ3v) is 3.08. The van der Waals surface area contributed by atoms with Crippen molar-refractivity contribution in [3.8, 4) is 0 Å². The van der Waals surface area contributed by atoms with Crippen LogP contribution in [0.3, 0.4) is 0 Å². The second kappa shape index (κ2) is 4.89. The largest absolute Gasteiger partial charge is 0.347 e. The highest BCUT2D eigenvalue weighted by Gasteiger charge is 2.14. The number of hydrogen-bond acceptors (Lipinski definition) is 4. The minimum absolute atomic E-state index is 0.0582. The molecule has 6 nitrogen and oxygen atoms in total. The molecule has 0 saturated heterocycles. The van der Waals surface area contributed by atoms with E-state index in [0.717, 1.165) is 17.9 Å². The summed E-state index contributed by atoms with van der Waals surface area (Å²) < 4.78 is 1.65. The van der Waals surface area contributed by atoms with Crippen LogP contribution in [0.15, 0.2) is 30.7 Å². The van der Waals surface area contributed by atoms with Crippen LogP contribution in [0.25, 0.3) is 5.65 Å². The van der Waals surface area contributed by atoms with E-state index in [2.05, 4.69) is 32.3 Å². The van der Waals surface area contributed by atoms with E-state index in [1.807, 2.05) is 6.07 Å². The number of H-pyrrole nitrogens is 1. The first kappa shape index (κ1) is 12.0. The van der Waals surface area contributed by atoms with Gasteiger partial charge in [-0.25, -0.2) is 9.50 Å². The van der Waals surface area contributed by atoms with E-state index in [9.17, 15) is 0 Å². The maximum absolute atomic E-state index is 5.92. The summed E-state index contributed by atoms with van der Waals surface area (Å²) in [7, 11) is 0. The highest BCUT2D eigenvalue weighted by atomic mass is 35.5. The Labute approximate surface area is 114 Å². The number of anilines is 1. The van der Waals surface area contributed by atoms with E-state index in [0.29, 0.717) is 11.0 Å². The van der Waals surface area contributed by atoms with Gasteiger partial charge in [0.25, 0.3) is 0 Å². The Morgan fingerprint density at radius 2 is 2.37 bits per heavy atom. The van der Waals surface area contributed by atoms with Gasteiger partial charge < -0.3 is 10.3 Å². The van der Waals surface area contributed by atoms with E-state index in [1.54, 1.807) is 29.2 Å². The smallest absolute Gasteiger partial charge is 0.243 e. The monoisotopic (exact) mass is 276 g/mol. The number of aromatic nitrogens is 5. The normalized spacial score (nSPS) is 12.7. The van der Waals surface area contributed by atoms with Gasteiger partial charge in [-0.05, 0) is 18.6 Å². The number of nitrogens with one attached hydrogen (secondary N) is 2. The molecule has 3 aromatic rings. The van der Waals surface area contributed by atoms with E-state index in [-0.39, 0.29) is 6.04 Å². The molecule has 0 aliphatic carbocycles. The standard InChI is InChI=1S/C12H13ClN6/c1-2-9(11-14-5-6-15-11)16-12-17-10-4-3-8(13)7-19(10)18-12/h3-7,9H,2H2,1H3,(H,14,15)(H,16,18). The van der Waals surface area contributed by atoms with Crippen LogP contribution in [0.1, 0.15) is 25.2 Å². The Kier molecular flexibility index (Phi) is 3.08. The van der Waals surface area contributed by atoms with Gasteiger partial charge in [-0.3, -0.25) is 0 Å². The number of aromatic amines is 1. The molecule has 0 aromatic carbocycles. The predicted octanol–water partition coefficient (Wildman–Crippen LogP) is 2.67. The molecule has 3 rings (SSSR count). The molecule has 19 heavy (non-hydrogen) atoms. The van der Waals surface area contributed by atoms with E-state index in [1.165, 1.54) is 0 Å². The SMILES string of the molecule is CCC(Nc1nc2ccc(Cl)cn2n1)c1ncc[nH]1. The molecule has 7 heteroatoms. The molecule has 3 aromatic heterocycles. The van der Waals surface area contributed by atoms with Crippen molar-refractivity contribution in [2.24, 2.45) is 0 Å². The minimum atomic E-state index is 0.0582. The number of halogens is 1. The van der Waals surface area contributed by atoms with Crippen LogP contribution in [0.2, 0.25) is 5.02 Å². The van der Waals surface area contributed by atoms with Crippen LogP contribution < -0.4 is 5.32 Å². The summed E-state index contributed by atoms with van der Waals surface area (Å²) in [5.41, 5.74) is 0.751. The van der Waals surface area contributed by atoms with Gasteiger partial charge in [0.1, 0.15) is 5.82 Å². The summed E-state index contributed by atoms with van der Waals surface area (Å²) in [6.45, 7) is 2.08. The molecule has 2 N–H and O–H groups in total. The molecule has 3 heterocycles. The summed E-state index contributed by atoms with van der Waals surface area (Å²) in [5.74, 6) is 1.44. The zero-order chi connectivity index (χ0) is 13.2. The Morgan fingerprint density at radius 1 is 1.47 bits per heavy atom. The fourth-order valence-corrected chi connectivity index (χ4v) is 2.06. The Hall–Kier alpha value is -2.08. The lowest BCUT2D eigenvalue weighted by Gasteiger charge is -2.12. The van der Waals surface area contributed by atoms with Crippen molar-refractivity contribution in [2.75, 3.05) is 5.32 Å². The second-order valence-corrected chi connectivity index (χ2v) is 4.60. The van der Waals surface area contributed by atoms with E-state index >= 15 is 0 Å². The minimum Gasteiger partial charge on any atom is -0.347 e. The summed E-state index contributed by atoms with van der Waals surface area (Å²) in [5, 5.41) is 8.23. The van der Waals surface area contributed by atoms with Crippen molar-refractivity contribution in [2.45, 2.75) is 19.4 Å². The van der Waals surface area contributed by atoms with Crippen LogP contribution in [-0.2, 0) is 0 Å². The Morgan fingerprint density at radius 3 is 3.11 bits per heavy atom. The van der Waals surface area contributed by atoms with Crippen molar-refractivity contribution in [1.29, 1.82) is 0 Å².